The Morgan fingerprint density at radius 3 is 2.21 bits per heavy atom. The highest BCUT2D eigenvalue weighted by Crippen LogP contribution is 2.39. The summed E-state index contributed by atoms with van der Waals surface area (Å²) in [6.45, 7) is 0.857. The summed E-state index contributed by atoms with van der Waals surface area (Å²) in [5.74, 6) is -3.83. The summed E-state index contributed by atoms with van der Waals surface area (Å²) in [7, 11) is -9.62. The fourth-order valence-electron chi connectivity index (χ4n) is 4.21. The summed E-state index contributed by atoms with van der Waals surface area (Å²) in [6, 6.07) is 11.2. The molecule has 0 fully saturated rings. The third-order valence-electron chi connectivity index (χ3n) is 5.81. The number of hydrogen-bond acceptors (Lipinski definition) is 9. The molecule has 0 atom stereocenters. The first-order valence-electron chi connectivity index (χ1n) is 11.0. The predicted octanol–water partition coefficient (Wildman–Crippen LogP) is 1.64. The van der Waals surface area contributed by atoms with Gasteiger partial charge in [0.15, 0.2) is 5.96 Å². The minimum atomic E-state index is -4.81. The van der Waals surface area contributed by atoms with Crippen LogP contribution in [-0.2, 0) is 31.7 Å². The summed E-state index contributed by atoms with van der Waals surface area (Å²) in [5, 5.41) is 24.8. The molecule has 0 radical (unpaired) electrons. The topological polar surface area (TPSA) is 232 Å². The Kier molecular flexibility index (Phi) is 7.12. The first kappa shape index (κ1) is 27.0. The number of fused-ring (bicyclic) bond motifs is 1. The summed E-state index contributed by atoms with van der Waals surface area (Å²) in [5.41, 5.74) is 5.21. The van der Waals surface area contributed by atoms with Gasteiger partial charge in [-0.05, 0) is 45.7 Å². The van der Waals surface area contributed by atoms with Gasteiger partial charge in [0.25, 0.3) is 20.2 Å². The number of anilines is 1. The molecule has 0 saturated heterocycles. The Hall–Kier alpha value is -4.05. The second-order valence-corrected chi connectivity index (χ2v) is 11.4. The van der Waals surface area contributed by atoms with E-state index in [0.717, 1.165) is 5.39 Å². The minimum Gasteiger partial charge on any atom is -0.478 e. The van der Waals surface area contributed by atoms with E-state index in [4.69, 9.17) is 11.1 Å². The van der Waals surface area contributed by atoms with Crippen LogP contribution in [0.4, 0.5) is 5.69 Å². The molecule has 0 aliphatic carbocycles. The zero-order valence-corrected chi connectivity index (χ0v) is 21.2. The average molecular weight is 562 g/mol. The maximum atomic E-state index is 12.2. The van der Waals surface area contributed by atoms with Crippen LogP contribution in [0.2, 0.25) is 0 Å². The Morgan fingerprint density at radius 1 is 1.00 bits per heavy atom. The molecule has 0 amide bonds. The van der Waals surface area contributed by atoms with Crippen molar-refractivity contribution in [2.24, 2.45) is 10.7 Å². The summed E-state index contributed by atoms with van der Waals surface area (Å²) in [6.07, 6.45) is 0. The molecule has 1 aliphatic rings. The number of nitrogens with one attached hydrogen (secondary N) is 3. The highest BCUT2D eigenvalue weighted by atomic mass is 32.2. The zero-order chi connectivity index (χ0) is 27.8. The van der Waals surface area contributed by atoms with E-state index in [9.17, 15) is 35.8 Å². The Labute approximate surface area is 217 Å². The lowest BCUT2D eigenvalue weighted by molar-refractivity contribution is 0.0696. The van der Waals surface area contributed by atoms with E-state index < -0.39 is 48.8 Å². The van der Waals surface area contributed by atoms with Crippen molar-refractivity contribution in [3.63, 3.8) is 0 Å². The molecule has 8 N–H and O–H groups in total. The van der Waals surface area contributed by atoms with E-state index in [1.807, 2.05) is 0 Å². The summed E-state index contributed by atoms with van der Waals surface area (Å²) in [4.78, 5) is 16.4. The van der Waals surface area contributed by atoms with Crippen molar-refractivity contribution in [2.45, 2.75) is 11.5 Å². The van der Waals surface area contributed by atoms with Crippen molar-refractivity contribution in [1.29, 1.82) is 5.41 Å². The van der Waals surface area contributed by atoms with Crippen LogP contribution >= 0.6 is 0 Å². The monoisotopic (exact) mass is 561 g/mol. The van der Waals surface area contributed by atoms with Gasteiger partial charge in [-0.1, -0.05) is 24.3 Å². The normalized spacial score (nSPS) is 13.7. The van der Waals surface area contributed by atoms with E-state index in [-0.39, 0.29) is 28.6 Å². The number of aliphatic imine (C=N–C) groups is 1. The van der Waals surface area contributed by atoms with Crippen LogP contribution in [0.25, 0.3) is 21.9 Å². The van der Waals surface area contributed by atoms with E-state index in [1.54, 1.807) is 36.4 Å². The number of rotatable bonds is 8. The number of nitrogens with two attached hydrogens (primary N) is 1. The highest BCUT2D eigenvalue weighted by Gasteiger charge is 2.28. The van der Waals surface area contributed by atoms with Gasteiger partial charge in [-0.3, -0.25) is 19.5 Å². The van der Waals surface area contributed by atoms with Gasteiger partial charge in [-0.2, -0.15) is 16.8 Å². The van der Waals surface area contributed by atoms with Crippen molar-refractivity contribution in [2.75, 3.05) is 18.4 Å². The summed E-state index contributed by atoms with van der Waals surface area (Å²) < 4.78 is 66.8. The second-order valence-electron chi connectivity index (χ2n) is 8.53. The number of benzene rings is 3. The second kappa shape index (κ2) is 10.0. The zero-order valence-electron chi connectivity index (χ0n) is 19.6. The molecule has 0 bridgehead atoms. The number of guanidine groups is 1. The van der Waals surface area contributed by atoms with Gasteiger partial charge in [0.2, 0.25) is 0 Å². The van der Waals surface area contributed by atoms with Crippen LogP contribution in [0.1, 0.15) is 27.0 Å². The fourth-order valence-corrected chi connectivity index (χ4v) is 5.59. The number of carbonyl (C=O) groups is 1. The Morgan fingerprint density at radius 2 is 1.63 bits per heavy atom. The van der Waals surface area contributed by atoms with E-state index >= 15 is 0 Å². The quantitative estimate of drug-likeness (QED) is 0.119. The van der Waals surface area contributed by atoms with E-state index in [2.05, 4.69) is 15.6 Å². The molecule has 0 spiro atoms. The van der Waals surface area contributed by atoms with Gasteiger partial charge in [0, 0.05) is 17.7 Å². The van der Waals surface area contributed by atoms with E-state index in [0.29, 0.717) is 29.6 Å². The van der Waals surface area contributed by atoms with Gasteiger partial charge in [0.1, 0.15) is 17.3 Å². The van der Waals surface area contributed by atoms with Gasteiger partial charge >= 0.3 is 5.97 Å². The van der Waals surface area contributed by atoms with Crippen molar-refractivity contribution >= 4 is 54.5 Å². The lowest BCUT2D eigenvalue weighted by Gasteiger charge is -2.22. The molecule has 3 aromatic carbocycles. The molecule has 0 aromatic heterocycles. The van der Waals surface area contributed by atoms with Crippen LogP contribution in [0, 0.1) is 5.41 Å². The maximum absolute atomic E-state index is 12.2. The predicted molar refractivity (Wildman–Crippen MR) is 142 cm³/mol. The molecular weight excluding hydrogens is 538 g/mol. The molecule has 38 heavy (non-hydrogen) atoms. The number of nitrogen functional groups attached to an aromatic ring is 1. The van der Waals surface area contributed by atoms with Gasteiger partial charge in [-0.15, -0.1) is 0 Å². The molecule has 3 aromatic rings. The van der Waals surface area contributed by atoms with Gasteiger partial charge < -0.3 is 21.5 Å². The molecule has 0 unspecified atom stereocenters. The SMILES string of the molecule is N=C(N)c1ccc2cc(-c3cc(C(=O)O)c(CS(=O)(=O)O)c(CS(=O)(=O)O)c3NC3=NCCN3)ccc2c1. The number of nitrogens with zero attached hydrogens (tertiary/aromatic N) is 1. The van der Waals surface area contributed by atoms with Crippen LogP contribution in [0.15, 0.2) is 47.5 Å². The minimum absolute atomic E-state index is 0.0147. The van der Waals surface area contributed by atoms with Crippen molar-refractivity contribution in [3.8, 4) is 11.1 Å². The fraction of sp³-hybridized carbons (Fsp3) is 0.174. The first-order valence-corrected chi connectivity index (χ1v) is 14.2. The average Bonchev–Trinajstić information content (AvgIpc) is 3.32. The number of aromatic carboxylic acids is 1. The van der Waals surface area contributed by atoms with Crippen LogP contribution in [-0.4, -0.2) is 61.9 Å². The molecule has 200 valence electrons. The largest absolute Gasteiger partial charge is 0.478 e. The Bertz CT molecular complexity index is 1730. The molecule has 1 aliphatic heterocycles. The van der Waals surface area contributed by atoms with Crippen molar-refractivity contribution in [1.82, 2.24) is 5.32 Å². The highest BCUT2D eigenvalue weighted by molar-refractivity contribution is 7.85. The molecule has 4 rings (SSSR count). The van der Waals surface area contributed by atoms with Gasteiger partial charge in [-0.25, -0.2) is 4.79 Å². The third kappa shape index (κ3) is 6.08. The number of hydrogen-bond donors (Lipinski definition) is 7. The number of carboxylic acid groups (broad SMARTS) is 1. The summed E-state index contributed by atoms with van der Waals surface area (Å²) >= 11 is 0. The van der Waals surface area contributed by atoms with E-state index in [1.165, 1.54) is 6.07 Å². The van der Waals surface area contributed by atoms with Crippen molar-refractivity contribution in [3.05, 3.63) is 64.7 Å². The Balaban J connectivity index is 2.06. The molecule has 15 heteroatoms. The first-order chi connectivity index (χ1) is 17.7. The maximum Gasteiger partial charge on any atom is 0.336 e. The molecular formula is C23H23N5O8S2. The smallest absolute Gasteiger partial charge is 0.336 e. The van der Waals surface area contributed by atoms with Crippen molar-refractivity contribution < 1.29 is 35.8 Å². The van der Waals surface area contributed by atoms with Crippen LogP contribution in [0.5, 0.6) is 0 Å². The molecule has 13 nitrogen and oxygen atoms in total. The van der Waals surface area contributed by atoms with Gasteiger partial charge in [0.05, 0.1) is 17.8 Å². The number of amidine groups is 1. The molecule has 0 saturated carbocycles. The standard InChI is InChI=1S/C23H23N5O8S2/c24-21(25)15-4-2-12-7-14(3-1-13(12)8-15)16-9-17(22(29)30)18(10-37(31,32)33)19(11-38(34,35)36)20(16)28-23-26-5-6-27-23/h1-4,7-9H,5-6,10-11H2,(H3,24,25)(H,29,30)(H2,26,27,28)(H,31,32,33)(H,34,35,36). The lowest BCUT2D eigenvalue weighted by Crippen LogP contribution is -2.28. The molecule has 1 heterocycles. The lowest BCUT2D eigenvalue weighted by atomic mass is 9.91. The third-order valence-corrected chi connectivity index (χ3v) is 7.12. The van der Waals surface area contributed by atoms with Crippen LogP contribution < -0.4 is 16.4 Å². The van der Waals surface area contributed by atoms with Crippen LogP contribution in [0.3, 0.4) is 0 Å². The number of carboxylic acids is 1.